The largest absolute Gasteiger partial charge is 0.478 e. The van der Waals surface area contributed by atoms with Gasteiger partial charge in [-0.3, -0.25) is 14.4 Å². The summed E-state index contributed by atoms with van der Waals surface area (Å²) in [7, 11) is 1.70. The van der Waals surface area contributed by atoms with Crippen molar-refractivity contribution in [2.45, 2.75) is 37.8 Å². The molecule has 6 rings (SSSR count). The van der Waals surface area contributed by atoms with Gasteiger partial charge in [0, 0.05) is 51.1 Å². The summed E-state index contributed by atoms with van der Waals surface area (Å²) in [5, 5.41) is 11.7. The Hall–Kier alpha value is -4.55. The van der Waals surface area contributed by atoms with E-state index in [1.165, 1.54) is 29.2 Å². The van der Waals surface area contributed by atoms with Crippen molar-refractivity contribution in [1.82, 2.24) is 4.90 Å². The molecule has 3 heterocycles. The predicted molar refractivity (Wildman–Crippen MR) is 171 cm³/mol. The first-order valence-electron chi connectivity index (χ1n) is 15.4. The molecule has 2 N–H and O–H groups in total. The van der Waals surface area contributed by atoms with Crippen LogP contribution in [0.15, 0.2) is 54.6 Å². The van der Waals surface area contributed by atoms with Crippen LogP contribution < -0.4 is 15.1 Å². The average molecular weight is 667 g/mol. The standard InChI is InChI=1S/C34H33ClF2N4O6/c1-47-22-11-14-39(15-12-22)27-4-2-3-24-23(27)13-16-40(30(24)32(43)38-21-7-5-19(6-8-21)34(45)46)33(44)20-17-28(42)41(18-20)31-26(36)10-9-25(35)29(31)37/h2-10,20,22,30H,11-18H2,1H3,(H,38,43)(H,45,46). The normalized spacial score (nSPS) is 19.9. The van der Waals surface area contributed by atoms with Crippen LogP contribution in [0.2, 0.25) is 5.02 Å². The Balaban J connectivity index is 1.32. The van der Waals surface area contributed by atoms with Crippen LogP contribution in [0.4, 0.5) is 25.8 Å². The molecule has 0 bridgehead atoms. The van der Waals surface area contributed by atoms with Gasteiger partial charge in [0.25, 0.3) is 5.91 Å². The first-order chi connectivity index (χ1) is 22.6. The first-order valence-corrected chi connectivity index (χ1v) is 15.7. The lowest BCUT2D eigenvalue weighted by Gasteiger charge is -2.41. The zero-order valence-electron chi connectivity index (χ0n) is 25.5. The van der Waals surface area contributed by atoms with Crippen molar-refractivity contribution in [2.24, 2.45) is 5.92 Å². The number of piperidine rings is 1. The number of nitrogens with zero attached hydrogens (tertiary/aromatic N) is 3. The van der Waals surface area contributed by atoms with E-state index in [4.69, 9.17) is 16.3 Å². The van der Waals surface area contributed by atoms with Crippen LogP contribution in [0.5, 0.6) is 0 Å². The van der Waals surface area contributed by atoms with Crippen molar-refractivity contribution in [3.8, 4) is 0 Å². The van der Waals surface area contributed by atoms with Crippen molar-refractivity contribution in [1.29, 1.82) is 0 Å². The van der Waals surface area contributed by atoms with E-state index in [9.17, 15) is 33.1 Å². The Morgan fingerprint density at radius 2 is 1.72 bits per heavy atom. The fourth-order valence-corrected chi connectivity index (χ4v) is 6.95. The highest BCUT2D eigenvalue weighted by Crippen LogP contribution is 2.40. The Labute approximate surface area is 274 Å². The van der Waals surface area contributed by atoms with Crippen molar-refractivity contribution in [3.05, 3.63) is 87.9 Å². The van der Waals surface area contributed by atoms with Gasteiger partial charge in [-0.1, -0.05) is 23.7 Å². The summed E-state index contributed by atoms with van der Waals surface area (Å²) in [4.78, 5) is 57.2. The second kappa shape index (κ2) is 13.3. The number of carboxylic acid groups (broad SMARTS) is 1. The third-order valence-electron chi connectivity index (χ3n) is 9.21. The Kier molecular flexibility index (Phi) is 9.16. The maximum Gasteiger partial charge on any atom is 0.335 e. The van der Waals surface area contributed by atoms with Crippen LogP contribution in [-0.4, -0.2) is 73.1 Å². The SMILES string of the molecule is COC1CCN(c2cccc3c2CCN(C(=O)C2CC(=O)N(c4c(F)ccc(Cl)c4F)C2)C3C(=O)Nc2ccc(C(=O)O)cc2)CC1. The van der Waals surface area contributed by atoms with Crippen LogP contribution in [0.25, 0.3) is 0 Å². The lowest BCUT2D eigenvalue weighted by molar-refractivity contribution is -0.142. The molecular weight excluding hydrogens is 634 g/mol. The number of hydrogen-bond acceptors (Lipinski definition) is 6. The smallest absolute Gasteiger partial charge is 0.335 e. The quantitative estimate of drug-likeness (QED) is 0.339. The summed E-state index contributed by atoms with van der Waals surface area (Å²) in [5.41, 5.74) is 2.31. The molecule has 0 aromatic heterocycles. The lowest BCUT2D eigenvalue weighted by atomic mass is 9.88. The fraction of sp³-hybridized carbons (Fsp3) is 0.353. The number of fused-ring (bicyclic) bond motifs is 1. The average Bonchev–Trinajstić information content (AvgIpc) is 3.46. The van der Waals surface area contributed by atoms with Gasteiger partial charge in [0.1, 0.15) is 17.5 Å². The highest BCUT2D eigenvalue weighted by atomic mass is 35.5. The molecule has 2 atom stereocenters. The summed E-state index contributed by atoms with van der Waals surface area (Å²) < 4.78 is 35.1. The molecule has 10 nitrogen and oxygen atoms in total. The van der Waals surface area contributed by atoms with E-state index in [1.54, 1.807) is 13.2 Å². The van der Waals surface area contributed by atoms with Gasteiger partial charge in [0.15, 0.2) is 5.82 Å². The van der Waals surface area contributed by atoms with E-state index in [1.807, 2.05) is 12.1 Å². The van der Waals surface area contributed by atoms with Gasteiger partial charge in [0.2, 0.25) is 11.8 Å². The summed E-state index contributed by atoms with van der Waals surface area (Å²) >= 11 is 5.87. The highest BCUT2D eigenvalue weighted by Gasteiger charge is 2.44. The number of aromatic carboxylic acids is 1. The molecule has 3 aliphatic heterocycles. The molecule has 3 aromatic carbocycles. The van der Waals surface area contributed by atoms with E-state index in [0.717, 1.165) is 54.2 Å². The van der Waals surface area contributed by atoms with Crippen LogP contribution in [-0.2, 0) is 25.5 Å². The maximum atomic E-state index is 14.9. The molecular formula is C34H33ClF2N4O6. The first kappa shape index (κ1) is 32.4. The molecule has 246 valence electrons. The number of halogens is 3. The van der Waals surface area contributed by atoms with Crippen molar-refractivity contribution < 1.29 is 37.8 Å². The molecule has 3 aromatic rings. The topological polar surface area (TPSA) is 119 Å². The molecule has 0 saturated carbocycles. The summed E-state index contributed by atoms with van der Waals surface area (Å²) in [6, 6.07) is 12.2. The number of anilines is 3. The second-order valence-electron chi connectivity index (χ2n) is 11.9. The van der Waals surface area contributed by atoms with E-state index in [-0.39, 0.29) is 36.2 Å². The van der Waals surface area contributed by atoms with Crippen LogP contribution in [0, 0.1) is 17.6 Å². The van der Waals surface area contributed by atoms with E-state index < -0.39 is 53.0 Å². The molecule has 13 heteroatoms. The molecule has 2 saturated heterocycles. The van der Waals surface area contributed by atoms with Gasteiger partial charge < -0.3 is 29.9 Å². The summed E-state index contributed by atoms with van der Waals surface area (Å²) in [6.45, 7) is 1.41. The lowest BCUT2D eigenvalue weighted by Crippen LogP contribution is -2.48. The van der Waals surface area contributed by atoms with Gasteiger partial charge in [-0.25, -0.2) is 13.6 Å². The van der Waals surface area contributed by atoms with E-state index in [0.29, 0.717) is 17.7 Å². The third kappa shape index (κ3) is 6.27. The highest BCUT2D eigenvalue weighted by molar-refractivity contribution is 6.31. The number of carbonyl (C=O) groups excluding carboxylic acids is 3. The van der Waals surface area contributed by atoms with Gasteiger partial charge in [-0.05, 0) is 72.9 Å². The van der Waals surface area contributed by atoms with Gasteiger partial charge in [0.05, 0.1) is 22.6 Å². The third-order valence-corrected chi connectivity index (χ3v) is 9.50. The minimum Gasteiger partial charge on any atom is -0.478 e. The Morgan fingerprint density at radius 3 is 2.40 bits per heavy atom. The predicted octanol–water partition coefficient (Wildman–Crippen LogP) is 5.05. The maximum absolute atomic E-state index is 14.9. The number of carbonyl (C=O) groups is 4. The fourth-order valence-electron chi connectivity index (χ4n) is 6.79. The molecule has 0 radical (unpaired) electrons. The number of nitrogens with one attached hydrogen (secondary N) is 1. The van der Waals surface area contributed by atoms with Gasteiger partial charge in [-0.15, -0.1) is 0 Å². The minimum atomic E-state index is -1.11. The number of ether oxygens (including phenoxy) is 1. The van der Waals surface area contributed by atoms with Crippen LogP contribution in [0.3, 0.4) is 0 Å². The minimum absolute atomic E-state index is 0.0488. The number of methoxy groups -OCH3 is 1. The number of carboxylic acids is 1. The Bertz CT molecular complexity index is 1730. The van der Waals surface area contributed by atoms with Crippen molar-refractivity contribution in [3.63, 3.8) is 0 Å². The van der Waals surface area contributed by atoms with E-state index >= 15 is 0 Å². The zero-order chi connectivity index (χ0) is 33.4. The molecule has 0 aliphatic carbocycles. The Morgan fingerprint density at radius 1 is 1.00 bits per heavy atom. The number of amides is 3. The van der Waals surface area contributed by atoms with Crippen molar-refractivity contribution >= 4 is 52.4 Å². The second-order valence-corrected chi connectivity index (χ2v) is 12.3. The van der Waals surface area contributed by atoms with Gasteiger partial charge >= 0.3 is 5.97 Å². The summed E-state index contributed by atoms with van der Waals surface area (Å²) in [6.07, 6.45) is 2.02. The van der Waals surface area contributed by atoms with E-state index in [2.05, 4.69) is 10.2 Å². The molecule has 3 aliphatic rings. The molecule has 47 heavy (non-hydrogen) atoms. The summed E-state index contributed by atoms with van der Waals surface area (Å²) in [5.74, 6) is -5.81. The molecule has 3 amide bonds. The molecule has 2 fully saturated rings. The number of benzene rings is 3. The van der Waals surface area contributed by atoms with Crippen LogP contribution >= 0.6 is 11.6 Å². The molecule has 0 spiro atoms. The van der Waals surface area contributed by atoms with Crippen LogP contribution in [0.1, 0.15) is 46.8 Å². The van der Waals surface area contributed by atoms with Crippen molar-refractivity contribution in [2.75, 3.05) is 48.4 Å². The number of hydrogen-bond donors (Lipinski definition) is 2. The van der Waals surface area contributed by atoms with Gasteiger partial charge in [-0.2, -0.15) is 0 Å². The zero-order valence-corrected chi connectivity index (χ0v) is 26.3. The monoisotopic (exact) mass is 666 g/mol. The number of rotatable bonds is 7. The molecule has 2 unspecified atom stereocenters.